The molecule has 1 aliphatic rings. The van der Waals surface area contributed by atoms with Crippen LogP contribution in [0.25, 0.3) is 10.9 Å². The predicted molar refractivity (Wildman–Crippen MR) is 78.9 cm³/mol. The highest BCUT2D eigenvalue weighted by Gasteiger charge is 2.15. The number of aromatic nitrogens is 1. The normalized spacial score (nSPS) is 14.2. The summed E-state index contributed by atoms with van der Waals surface area (Å²) in [6, 6.07) is 3.95. The van der Waals surface area contributed by atoms with E-state index in [9.17, 15) is 0 Å². The van der Waals surface area contributed by atoms with Gasteiger partial charge in [-0.2, -0.15) is 0 Å². The van der Waals surface area contributed by atoms with Crippen LogP contribution >= 0.6 is 12.2 Å². The molecule has 1 aromatic carbocycles. The van der Waals surface area contributed by atoms with E-state index in [4.69, 9.17) is 21.7 Å². The summed E-state index contributed by atoms with van der Waals surface area (Å²) in [7, 11) is 3.30. The molecule has 1 aromatic heterocycles. The van der Waals surface area contributed by atoms with Crippen LogP contribution in [0.1, 0.15) is 24.1 Å². The molecule has 0 atom stereocenters. The summed E-state index contributed by atoms with van der Waals surface area (Å²) in [6.07, 6.45) is 4.62. The van der Waals surface area contributed by atoms with Crippen molar-refractivity contribution in [3.8, 4) is 11.5 Å². The molecule has 100 valence electrons. The summed E-state index contributed by atoms with van der Waals surface area (Å²) in [5.41, 5.74) is 3.63. The van der Waals surface area contributed by atoms with Crippen molar-refractivity contribution < 1.29 is 9.47 Å². The zero-order valence-corrected chi connectivity index (χ0v) is 12.0. The fraction of sp³-hybridized carbons (Fsp3) is 0.400. The minimum absolute atomic E-state index is 0.727. The SMILES string of the molecule is COc1cc2[nH]c3c(c(=S)c2cc1OC)CCCC3. The van der Waals surface area contributed by atoms with Crippen LogP contribution < -0.4 is 9.47 Å². The maximum atomic E-state index is 5.65. The number of benzene rings is 1. The highest BCUT2D eigenvalue weighted by atomic mass is 32.1. The lowest BCUT2D eigenvalue weighted by Gasteiger charge is -2.18. The van der Waals surface area contributed by atoms with Crippen molar-refractivity contribution in [2.45, 2.75) is 25.7 Å². The molecule has 1 aliphatic carbocycles. The second-order valence-corrected chi connectivity index (χ2v) is 5.28. The first-order valence-corrected chi connectivity index (χ1v) is 6.95. The minimum Gasteiger partial charge on any atom is -0.493 e. The van der Waals surface area contributed by atoms with Gasteiger partial charge in [-0.05, 0) is 37.3 Å². The standard InChI is InChI=1S/C15H17NO2S/c1-17-13-7-10-12(8-14(13)18-2)16-11-6-4-3-5-9(11)15(10)19/h7-8H,3-6H2,1-2H3,(H,16,19). The third-order valence-corrected chi connectivity index (χ3v) is 4.26. The lowest BCUT2D eigenvalue weighted by molar-refractivity contribution is 0.355. The van der Waals surface area contributed by atoms with Gasteiger partial charge >= 0.3 is 0 Å². The fourth-order valence-corrected chi connectivity index (χ4v) is 3.18. The molecule has 0 bridgehead atoms. The molecule has 0 fully saturated rings. The lowest BCUT2D eigenvalue weighted by atomic mass is 9.94. The van der Waals surface area contributed by atoms with Crippen molar-refractivity contribution in [3.05, 3.63) is 27.9 Å². The van der Waals surface area contributed by atoms with E-state index in [1.807, 2.05) is 12.1 Å². The molecule has 1 heterocycles. The van der Waals surface area contributed by atoms with Crippen molar-refractivity contribution in [1.82, 2.24) is 4.98 Å². The second-order valence-electron chi connectivity index (χ2n) is 4.87. The highest BCUT2D eigenvalue weighted by Crippen LogP contribution is 2.34. The first-order chi connectivity index (χ1) is 9.24. The summed E-state index contributed by atoms with van der Waals surface area (Å²) in [5.74, 6) is 1.46. The fourth-order valence-electron chi connectivity index (χ4n) is 2.79. The largest absolute Gasteiger partial charge is 0.493 e. The lowest BCUT2D eigenvalue weighted by Crippen LogP contribution is -2.06. The van der Waals surface area contributed by atoms with Crippen LogP contribution in [-0.4, -0.2) is 19.2 Å². The first-order valence-electron chi connectivity index (χ1n) is 6.54. The van der Waals surface area contributed by atoms with Crippen LogP contribution in [-0.2, 0) is 12.8 Å². The van der Waals surface area contributed by atoms with Gasteiger partial charge in [-0.1, -0.05) is 12.2 Å². The van der Waals surface area contributed by atoms with Gasteiger partial charge in [0.1, 0.15) is 0 Å². The number of rotatable bonds is 2. The van der Waals surface area contributed by atoms with Gasteiger partial charge < -0.3 is 14.5 Å². The smallest absolute Gasteiger partial charge is 0.162 e. The van der Waals surface area contributed by atoms with Gasteiger partial charge in [-0.25, -0.2) is 0 Å². The zero-order valence-electron chi connectivity index (χ0n) is 11.2. The number of fused-ring (bicyclic) bond motifs is 2. The average molecular weight is 275 g/mol. The summed E-state index contributed by atoms with van der Waals surface area (Å²) in [5, 5.41) is 1.05. The van der Waals surface area contributed by atoms with Gasteiger partial charge in [0.25, 0.3) is 0 Å². The molecule has 19 heavy (non-hydrogen) atoms. The summed E-state index contributed by atoms with van der Waals surface area (Å²) in [6.45, 7) is 0. The van der Waals surface area contributed by atoms with Crippen LogP contribution in [0.5, 0.6) is 11.5 Å². The van der Waals surface area contributed by atoms with Crippen molar-refractivity contribution in [1.29, 1.82) is 0 Å². The van der Waals surface area contributed by atoms with E-state index >= 15 is 0 Å². The molecule has 3 rings (SSSR count). The highest BCUT2D eigenvalue weighted by molar-refractivity contribution is 7.71. The van der Waals surface area contributed by atoms with Crippen LogP contribution in [0.4, 0.5) is 0 Å². The van der Waals surface area contributed by atoms with E-state index in [1.54, 1.807) is 14.2 Å². The van der Waals surface area contributed by atoms with Gasteiger partial charge in [0, 0.05) is 17.1 Å². The van der Waals surface area contributed by atoms with Crippen LogP contribution in [0, 0.1) is 4.51 Å². The Morgan fingerprint density at radius 3 is 2.47 bits per heavy atom. The van der Waals surface area contributed by atoms with Crippen LogP contribution in [0.2, 0.25) is 0 Å². The molecule has 0 unspecified atom stereocenters. The van der Waals surface area contributed by atoms with Crippen LogP contribution in [0.3, 0.4) is 0 Å². The Balaban J connectivity index is 2.33. The number of ether oxygens (including phenoxy) is 2. The van der Waals surface area contributed by atoms with E-state index in [2.05, 4.69) is 4.98 Å². The first kappa shape index (κ1) is 12.5. The van der Waals surface area contributed by atoms with E-state index in [-0.39, 0.29) is 0 Å². The number of methoxy groups -OCH3 is 2. The monoisotopic (exact) mass is 275 g/mol. The Morgan fingerprint density at radius 2 is 1.74 bits per heavy atom. The van der Waals surface area contributed by atoms with Crippen molar-refractivity contribution in [2.24, 2.45) is 0 Å². The Labute approximate surface area is 117 Å². The maximum absolute atomic E-state index is 5.65. The molecule has 0 saturated carbocycles. The van der Waals surface area contributed by atoms with Crippen molar-refractivity contribution in [2.75, 3.05) is 14.2 Å². The molecule has 4 heteroatoms. The number of aromatic amines is 1. The van der Waals surface area contributed by atoms with E-state index in [0.29, 0.717) is 0 Å². The van der Waals surface area contributed by atoms with E-state index in [1.165, 1.54) is 24.1 Å². The van der Waals surface area contributed by atoms with Gasteiger partial charge in [-0.15, -0.1) is 0 Å². The van der Waals surface area contributed by atoms with Gasteiger partial charge in [0.05, 0.1) is 24.2 Å². The molecule has 1 N–H and O–H groups in total. The topological polar surface area (TPSA) is 34.2 Å². The number of nitrogens with one attached hydrogen (secondary N) is 1. The Morgan fingerprint density at radius 1 is 1.05 bits per heavy atom. The Hall–Kier alpha value is -1.55. The summed E-state index contributed by atoms with van der Waals surface area (Å²) >= 11 is 5.65. The molecule has 0 spiro atoms. The third kappa shape index (κ3) is 2.00. The molecule has 0 aliphatic heterocycles. The van der Waals surface area contributed by atoms with E-state index < -0.39 is 0 Å². The van der Waals surface area contributed by atoms with Gasteiger partial charge in [-0.3, -0.25) is 0 Å². The maximum Gasteiger partial charge on any atom is 0.162 e. The number of H-pyrrole nitrogens is 1. The van der Waals surface area contributed by atoms with Gasteiger partial charge in [0.15, 0.2) is 11.5 Å². The molecule has 3 nitrogen and oxygen atoms in total. The van der Waals surface area contributed by atoms with Crippen molar-refractivity contribution >= 4 is 23.1 Å². The molecule has 0 saturated heterocycles. The number of hydrogen-bond donors (Lipinski definition) is 1. The summed E-state index contributed by atoms with van der Waals surface area (Å²) < 4.78 is 11.7. The third-order valence-electron chi connectivity index (χ3n) is 3.80. The zero-order chi connectivity index (χ0) is 13.4. The van der Waals surface area contributed by atoms with Crippen LogP contribution in [0.15, 0.2) is 12.1 Å². The predicted octanol–water partition coefficient (Wildman–Crippen LogP) is 3.79. The molecular weight excluding hydrogens is 258 g/mol. The molecule has 2 aromatic rings. The molecule has 0 amide bonds. The quantitative estimate of drug-likeness (QED) is 0.847. The minimum atomic E-state index is 0.727. The number of pyridine rings is 1. The number of hydrogen-bond acceptors (Lipinski definition) is 3. The Kier molecular flexibility index (Phi) is 3.19. The van der Waals surface area contributed by atoms with Gasteiger partial charge in [0.2, 0.25) is 0 Å². The van der Waals surface area contributed by atoms with E-state index in [0.717, 1.165) is 39.8 Å². The Bertz CT molecular complexity index is 685. The molecular formula is C15H17NO2S. The second kappa shape index (κ2) is 4.85. The average Bonchev–Trinajstić information content (AvgIpc) is 2.46. The summed E-state index contributed by atoms with van der Waals surface area (Å²) in [4.78, 5) is 3.51. The van der Waals surface area contributed by atoms with Crippen molar-refractivity contribution in [3.63, 3.8) is 0 Å². The molecule has 0 radical (unpaired) electrons. The number of aryl methyl sites for hydroxylation is 1.